The SMILES string of the molecule is CN(c1cccc(CNc2nc(Nc3ccc(N4CCN(Cc5cccc6c5CN(C5CCC(=O)NC5=O)C6S)CC4)cc3)ncc2C(F)(F)F)c1)S(C)(=O)=O. The van der Waals surface area contributed by atoms with Crippen molar-refractivity contribution in [2.24, 2.45) is 0 Å². The number of piperidine rings is 1. The maximum absolute atomic E-state index is 13.9. The lowest BCUT2D eigenvalue weighted by atomic mass is 10.0. The second kappa shape index (κ2) is 15.9. The fraction of sp³-hybridized carbons (Fsp3) is 0.368. The number of alkyl halides is 3. The van der Waals surface area contributed by atoms with Crippen LogP contribution in [0.1, 0.15) is 46.0 Å². The van der Waals surface area contributed by atoms with Crippen molar-refractivity contribution in [3.8, 4) is 0 Å². The number of thiol groups is 1. The summed E-state index contributed by atoms with van der Waals surface area (Å²) in [5, 5.41) is 8.00. The lowest BCUT2D eigenvalue weighted by Gasteiger charge is -2.36. The number of anilines is 5. The van der Waals surface area contributed by atoms with Gasteiger partial charge in [-0.1, -0.05) is 30.3 Å². The minimum Gasteiger partial charge on any atom is -0.369 e. The highest BCUT2D eigenvalue weighted by atomic mass is 32.2. The van der Waals surface area contributed by atoms with Crippen LogP contribution in [0.25, 0.3) is 0 Å². The van der Waals surface area contributed by atoms with Crippen molar-refractivity contribution in [3.05, 3.63) is 101 Å². The van der Waals surface area contributed by atoms with Crippen molar-refractivity contribution in [2.75, 3.05) is 59.3 Å². The first-order valence-corrected chi connectivity index (χ1v) is 20.4. The number of hydrogen-bond acceptors (Lipinski definition) is 12. The van der Waals surface area contributed by atoms with Crippen molar-refractivity contribution in [3.63, 3.8) is 0 Å². The molecule has 7 rings (SSSR count). The molecule has 56 heavy (non-hydrogen) atoms. The summed E-state index contributed by atoms with van der Waals surface area (Å²) in [5.41, 5.74) is 5.00. The van der Waals surface area contributed by atoms with E-state index >= 15 is 0 Å². The largest absolute Gasteiger partial charge is 0.421 e. The zero-order valence-electron chi connectivity index (χ0n) is 30.8. The average Bonchev–Trinajstić information content (AvgIpc) is 3.50. The molecule has 2 saturated heterocycles. The zero-order chi connectivity index (χ0) is 39.8. The topological polar surface area (TPSA) is 143 Å². The fourth-order valence-electron chi connectivity index (χ4n) is 7.28. The molecule has 18 heteroatoms. The van der Waals surface area contributed by atoms with Crippen LogP contribution in [0.4, 0.5) is 42.0 Å². The Morgan fingerprint density at radius 3 is 2.45 bits per heavy atom. The molecule has 3 aromatic carbocycles. The molecule has 0 saturated carbocycles. The van der Waals surface area contributed by atoms with Crippen LogP contribution < -0.4 is 25.2 Å². The molecule has 1 aromatic heterocycles. The maximum Gasteiger partial charge on any atom is 0.421 e. The molecule has 296 valence electrons. The standard InChI is InChI=1S/C38H42F3N9O4S2/c1-47(56(2,53)54)28-7-3-5-24(19-28)20-42-34-31(38(39,40)41)21-43-37(46-34)44-26-9-11-27(12-10-26)49-17-15-48(16-18-49)22-25-6-4-8-29-30(25)23-50(36(29)55)32-13-14-33(51)45-35(32)52/h3-12,19,21,32,36,55H,13-18,20,22-23H2,1-2H3,(H,45,51,52)(H2,42,43,44,46). The number of aromatic nitrogens is 2. The molecule has 2 unspecified atom stereocenters. The third kappa shape index (κ3) is 8.72. The van der Waals surface area contributed by atoms with Gasteiger partial charge in [-0.3, -0.25) is 29.0 Å². The Kier molecular flexibility index (Phi) is 11.2. The molecule has 3 aliphatic rings. The molecule has 2 atom stereocenters. The number of hydrogen-bond donors (Lipinski definition) is 4. The van der Waals surface area contributed by atoms with Gasteiger partial charge in [-0.15, -0.1) is 0 Å². The Bertz CT molecular complexity index is 2220. The lowest BCUT2D eigenvalue weighted by molar-refractivity contribution is -0.138. The molecule has 2 amide bonds. The number of halogens is 3. The highest BCUT2D eigenvalue weighted by molar-refractivity contribution is 7.92. The molecular formula is C38H42F3N9O4S2. The van der Waals surface area contributed by atoms with Gasteiger partial charge in [0.25, 0.3) is 0 Å². The molecule has 0 spiro atoms. The van der Waals surface area contributed by atoms with Crippen LogP contribution >= 0.6 is 12.6 Å². The molecular weight excluding hydrogens is 768 g/mol. The van der Waals surface area contributed by atoms with E-state index in [0.29, 0.717) is 36.3 Å². The minimum absolute atomic E-state index is 0.0238. The van der Waals surface area contributed by atoms with Gasteiger partial charge in [-0.25, -0.2) is 13.4 Å². The highest BCUT2D eigenvalue weighted by Crippen LogP contribution is 2.41. The van der Waals surface area contributed by atoms with Crippen LogP contribution in [0.2, 0.25) is 0 Å². The molecule has 0 bridgehead atoms. The molecule has 3 aliphatic heterocycles. The van der Waals surface area contributed by atoms with E-state index in [-0.39, 0.29) is 29.7 Å². The number of imide groups is 1. The third-order valence-electron chi connectivity index (χ3n) is 10.4. The molecule has 2 fully saturated rings. The average molecular weight is 810 g/mol. The second-order valence-electron chi connectivity index (χ2n) is 14.1. The monoisotopic (exact) mass is 809 g/mol. The van der Waals surface area contributed by atoms with Crippen LogP contribution in [-0.4, -0.2) is 85.5 Å². The summed E-state index contributed by atoms with van der Waals surface area (Å²) in [6.45, 7) is 4.58. The van der Waals surface area contributed by atoms with Crippen LogP contribution in [0.3, 0.4) is 0 Å². The van der Waals surface area contributed by atoms with Crippen LogP contribution in [-0.2, 0) is 45.4 Å². The van der Waals surface area contributed by atoms with Gasteiger partial charge < -0.3 is 15.5 Å². The Morgan fingerprint density at radius 2 is 1.75 bits per heavy atom. The number of carbonyl (C=O) groups excluding carboxylic acids is 2. The van der Waals surface area contributed by atoms with E-state index in [9.17, 15) is 31.2 Å². The second-order valence-corrected chi connectivity index (χ2v) is 16.6. The van der Waals surface area contributed by atoms with Gasteiger partial charge in [0, 0.05) is 76.9 Å². The first-order chi connectivity index (χ1) is 26.6. The molecule has 13 nitrogen and oxygen atoms in total. The molecule has 3 N–H and O–H groups in total. The van der Waals surface area contributed by atoms with Gasteiger partial charge in [0.2, 0.25) is 27.8 Å². The number of amides is 2. The summed E-state index contributed by atoms with van der Waals surface area (Å²) in [6.07, 6.45) is -2.11. The molecule has 4 aromatic rings. The number of piperazine rings is 1. The predicted molar refractivity (Wildman–Crippen MR) is 211 cm³/mol. The number of nitrogens with zero attached hydrogens (tertiary/aromatic N) is 6. The summed E-state index contributed by atoms with van der Waals surface area (Å²) in [7, 11) is -2.12. The van der Waals surface area contributed by atoms with E-state index in [1.165, 1.54) is 18.2 Å². The van der Waals surface area contributed by atoms with Crippen LogP contribution in [0.15, 0.2) is 72.9 Å². The zero-order valence-corrected chi connectivity index (χ0v) is 32.5. The number of nitrogens with one attached hydrogen (secondary N) is 3. The van der Waals surface area contributed by atoms with Gasteiger partial charge in [-0.05, 0) is 65.1 Å². The lowest BCUT2D eigenvalue weighted by Crippen LogP contribution is -2.51. The van der Waals surface area contributed by atoms with Crippen LogP contribution in [0.5, 0.6) is 0 Å². The van der Waals surface area contributed by atoms with Crippen LogP contribution in [0, 0.1) is 0 Å². The van der Waals surface area contributed by atoms with E-state index < -0.39 is 33.6 Å². The summed E-state index contributed by atoms with van der Waals surface area (Å²) in [5.74, 6) is -0.932. The minimum atomic E-state index is -4.71. The van der Waals surface area contributed by atoms with Crippen molar-refractivity contribution in [1.82, 2.24) is 25.1 Å². The van der Waals surface area contributed by atoms with Gasteiger partial charge in [0.1, 0.15) is 11.4 Å². The smallest absolute Gasteiger partial charge is 0.369 e. The third-order valence-corrected chi connectivity index (χ3v) is 12.2. The number of rotatable bonds is 11. The van der Waals surface area contributed by atoms with Gasteiger partial charge in [-0.2, -0.15) is 30.8 Å². The van der Waals surface area contributed by atoms with Crippen molar-refractivity contribution >= 4 is 63.3 Å². The summed E-state index contributed by atoms with van der Waals surface area (Å²) < 4.78 is 66.7. The molecule has 0 radical (unpaired) electrons. The Hall–Kier alpha value is -4.91. The molecule has 0 aliphatic carbocycles. The normalized spacial score (nSPS) is 19.4. The van der Waals surface area contributed by atoms with Gasteiger partial charge >= 0.3 is 6.18 Å². The summed E-state index contributed by atoms with van der Waals surface area (Å²) >= 11 is 4.86. The first kappa shape index (κ1) is 39.3. The number of sulfonamides is 1. The van der Waals surface area contributed by atoms with Gasteiger partial charge in [0.15, 0.2) is 0 Å². The van der Waals surface area contributed by atoms with E-state index in [0.717, 1.165) is 60.7 Å². The summed E-state index contributed by atoms with van der Waals surface area (Å²) in [4.78, 5) is 39.2. The Labute approximate surface area is 328 Å². The first-order valence-electron chi connectivity index (χ1n) is 18.1. The Balaban J connectivity index is 0.955. The Morgan fingerprint density at radius 1 is 1.02 bits per heavy atom. The van der Waals surface area contributed by atoms with E-state index in [1.54, 1.807) is 24.3 Å². The summed E-state index contributed by atoms with van der Waals surface area (Å²) in [6, 6.07) is 19.9. The van der Waals surface area contributed by atoms with Gasteiger partial charge in [0.05, 0.1) is 23.4 Å². The highest BCUT2D eigenvalue weighted by Gasteiger charge is 2.40. The maximum atomic E-state index is 13.9. The number of carbonyl (C=O) groups is 2. The number of fused-ring (bicyclic) bond motifs is 1. The van der Waals surface area contributed by atoms with Crippen molar-refractivity contribution in [2.45, 2.75) is 50.1 Å². The van der Waals surface area contributed by atoms with E-state index in [1.807, 2.05) is 30.3 Å². The van der Waals surface area contributed by atoms with E-state index in [2.05, 4.69) is 52.8 Å². The fourth-order valence-corrected chi connectivity index (χ4v) is 8.26. The molecule has 4 heterocycles. The predicted octanol–water partition coefficient (Wildman–Crippen LogP) is 5.12. The number of benzene rings is 3. The van der Waals surface area contributed by atoms with Crippen molar-refractivity contribution < 1.29 is 31.2 Å². The van der Waals surface area contributed by atoms with E-state index in [4.69, 9.17) is 12.6 Å². The quantitative estimate of drug-likeness (QED) is 0.119. The van der Waals surface area contributed by atoms with Crippen molar-refractivity contribution in [1.29, 1.82) is 0 Å².